The lowest BCUT2D eigenvalue weighted by atomic mass is 10.0. The average molecular weight is 507 g/mol. The molecular weight excluding hydrogens is 475 g/mol. The molecule has 7 heteroatoms. The molecule has 0 saturated heterocycles. The Kier molecular flexibility index (Phi) is 7.70. The van der Waals surface area contributed by atoms with E-state index in [2.05, 4.69) is 0 Å². The first kappa shape index (κ1) is 27.1. The first-order valence-corrected chi connectivity index (χ1v) is 13.2. The van der Waals surface area contributed by atoms with Gasteiger partial charge in [0.2, 0.25) is 16.6 Å². The number of carbonyl (C=O) groups is 3. The number of benzene rings is 3. The lowest BCUT2D eigenvalue weighted by Crippen LogP contribution is -2.21. The minimum atomic E-state index is -4.90. The van der Waals surface area contributed by atoms with Crippen molar-refractivity contribution in [2.24, 2.45) is 0 Å². The zero-order valence-corrected chi connectivity index (χ0v) is 22.8. The molecular formula is C29H31O6P. The first-order chi connectivity index (χ1) is 16.9. The van der Waals surface area contributed by atoms with Crippen molar-refractivity contribution in [2.75, 3.05) is 14.2 Å². The Morgan fingerprint density at radius 1 is 0.611 bits per heavy atom. The number of methoxy groups -OCH3 is 2. The molecule has 0 bridgehead atoms. The SMILES string of the molecule is COc1ccc(C(=O)P(=O)(C(=O)c2c(C)cc(C)cc2C)C(=O)c2c(C)cc(C)cc2C)c(OC)c1. The maximum atomic E-state index is 14.8. The van der Waals surface area contributed by atoms with Gasteiger partial charge in [-0.1, -0.05) is 35.4 Å². The topological polar surface area (TPSA) is 86.7 Å². The molecule has 3 rings (SSSR count). The molecule has 188 valence electrons. The van der Waals surface area contributed by atoms with Crippen molar-refractivity contribution in [1.82, 2.24) is 0 Å². The predicted molar refractivity (Wildman–Crippen MR) is 141 cm³/mol. The molecule has 0 N–H and O–H groups in total. The van der Waals surface area contributed by atoms with E-state index in [1.165, 1.54) is 32.4 Å². The van der Waals surface area contributed by atoms with E-state index >= 15 is 0 Å². The van der Waals surface area contributed by atoms with Gasteiger partial charge in [0.25, 0.3) is 7.14 Å². The smallest absolute Gasteiger partial charge is 0.287 e. The first-order valence-electron chi connectivity index (χ1n) is 11.5. The van der Waals surface area contributed by atoms with Crippen molar-refractivity contribution in [2.45, 2.75) is 41.5 Å². The zero-order chi connectivity index (χ0) is 26.9. The fourth-order valence-corrected chi connectivity index (χ4v) is 7.18. The molecule has 0 unspecified atom stereocenters. The van der Waals surface area contributed by atoms with Crippen LogP contribution in [-0.4, -0.2) is 30.8 Å². The summed E-state index contributed by atoms with van der Waals surface area (Å²) in [5.41, 5.74) is 1.18. The highest BCUT2D eigenvalue weighted by molar-refractivity contribution is 8.07. The molecule has 36 heavy (non-hydrogen) atoms. The molecule has 6 nitrogen and oxygen atoms in total. The summed E-state index contributed by atoms with van der Waals surface area (Å²) < 4.78 is 25.3. The van der Waals surface area contributed by atoms with E-state index in [0.29, 0.717) is 28.0 Å². The monoisotopic (exact) mass is 506 g/mol. The molecule has 0 radical (unpaired) electrons. The van der Waals surface area contributed by atoms with Crippen LogP contribution in [0.15, 0.2) is 42.5 Å². The lowest BCUT2D eigenvalue weighted by molar-refractivity contribution is 0.1000. The third kappa shape index (κ3) is 4.66. The summed E-state index contributed by atoms with van der Waals surface area (Å²) in [5, 5.41) is 0. The second-order valence-corrected chi connectivity index (χ2v) is 11.6. The van der Waals surface area contributed by atoms with Gasteiger partial charge in [0, 0.05) is 17.2 Å². The van der Waals surface area contributed by atoms with E-state index in [1.807, 2.05) is 13.8 Å². The number of aryl methyl sites for hydroxylation is 6. The van der Waals surface area contributed by atoms with Crippen LogP contribution in [-0.2, 0) is 4.57 Å². The highest BCUT2D eigenvalue weighted by Crippen LogP contribution is 2.57. The van der Waals surface area contributed by atoms with E-state index in [-0.39, 0.29) is 22.4 Å². The van der Waals surface area contributed by atoms with E-state index in [0.717, 1.165) is 11.1 Å². The second kappa shape index (κ2) is 10.2. The maximum absolute atomic E-state index is 14.8. The summed E-state index contributed by atoms with van der Waals surface area (Å²) in [6.07, 6.45) is 0. The minimum absolute atomic E-state index is 0.0647. The Hall–Kier alpha value is -3.50. The van der Waals surface area contributed by atoms with Crippen molar-refractivity contribution >= 4 is 23.7 Å². The van der Waals surface area contributed by atoms with E-state index in [1.54, 1.807) is 52.0 Å². The summed E-state index contributed by atoms with van der Waals surface area (Å²) in [6.45, 7) is 10.6. The Morgan fingerprint density at radius 2 is 1.03 bits per heavy atom. The van der Waals surface area contributed by atoms with Gasteiger partial charge >= 0.3 is 0 Å². The van der Waals surface area contributed by atoms with Crippen molar-refractivity contribution in [3.8, 4) is 11.5 Å². The fraction of sp³-hybridized carbons (Fsp3) is 0.276. The summed E-state index contributed by atoms with van der Waals surface area (Å²) in [5.74, 6) is 0.473. The highest BCUT2D eigenvalue weighted by Gasteiger charge is 2.50. The van der Waals surface area contributed by atoms with Gasteiger partial charge in [-0.25, -0.2) is 0 Å². The molecule has 0 aliphatic heterocycles. The Bertz CT molecular complexity index is 1330. The third-order valence-electron chi connectivity index (χ3n) is 6.28. The van der Waals surface area contributed by atoms with Gasteiger partial charge in [-0.15, -0.1) is 0 Å². The van der Waals surface area contributed by atoms with Gasteiger partial charge < -0.3 is 9.47 Å². The molecule has 0 aromatic heterocycles. The standard InChI is InChI=1S/C29H31O6P/c1-16-11-18(3)25(19(4)12-16)28(31)36(33,29(32)26-20(5)13-17(2)14-21(26)6)27(30)23-10-9-22(34-7)15-24(23)35-8/h9-15H,1-8H3. The fourth-order valence-electron chi connectivity index (χ4n) is 4.77. The highest BCUT2D eigenvalue weighted by atomic mass is 31.2. The largest absolute Gasteiger partial charge is 0.497 e. The maximum Gasteiger partial charge on any atom is 0.287 e. The van der Waals surface area contributed by atoms with Gasteiger partial charge in [0.15, 0.2) is 0 Å². The molecule has 0 fully saturated rings. The molecule has 0 aliphatic rings. The van der Waals surface area contributed by atoms with Crippen molar-refractivity contribution in [1.29, 1.82) is 0 Å². The number of ether oxygens (including phenoxy) is 2. The summed E-state index contributed by atoms with van der Waals surface area (Å²) >= 11 is 0. The summed E-state index contributed by atoms with van der Waals surface area (Å²) in [7, 11) is -2.09. The number of hydrogen-bond donors (Lipinski definition) is 0. The van der Waals surface area contributed by atoms with E-state index < -0.39 is 23.7 Å². The average Bonchev–Trinajstić information content (AvgIpc) is 2.81. The number of carbonyl (C=O) groups excluding carboxylic acids is 3. The van der Waals surface area contributed by atoms with Gasteiger partial charge in [0.1, 0.15) is 11.5 Å². The van der Waals surface area contributed by atoms with Crippen molar-refractivity contribution < 1.29 is 28.4 Å². The van der Waals surface area contributed by atoms with E-state index in [4.69, 9.17) is 9.47 Å². The minimum Gasteiger partial charge on any atom is -0.497 e. The molecule has 0 heterocycles. The summed E-state index contributed by atoms with van der Waals surface area (Å²) in [4.78, 5) is 42.2. The third-order valence-corrected chi connectivity index (χ3v) is 8.68. The van der Waals surface area contributed by atoms with Gasteiger partial charge in [-0.2, -0.15) is 0 Å². The van der Waals surface area contributed by atoms with Crippen LogP contribution in [0, 0.1) is 41.5 Å². The summed E-state index contributed by atoms with van der Waals surface area (Å²) in [6, 6.07) is 11.4. The zero-order valence-electron chi connectivity index (χ0n) is 21.9. The molecule has 0 atom stereocenters. The van der Waals surface area contributed by atoms with Crippen molar-refractivity contribution in [3.63, 3.8) is 0 Å². The Morgan fingerprint density at radius 3 is 1.39 bits per heavy atom. The van der Waals surface area contributed by atoms with Crippen LogP contribution in [0.4, 0.5) is 0 Å². The van der Waals surface area contributed by atoms with Crippen LogP contribution in [0.25, 0.3) is 0 Å². The lowest BCUT2D eigenvalue weighted by Gasteiger charge is -2.21. The quantitative estimate of drug-likeness (QED) is 0.315. The van der Waals surface area contributed by atoms with Crippen LogP contribution in [0.1, 0.15) is 64.5 Å². The van der Waals surface area contributed by atoms with Gasteiger partial charge in [-0.3, -0.25) is 18.9 Å². The number of hydrogen-bond acceptors (Lipinski definition) is 6. The Labute approximate surface area is 212 Å². The molecule has 0 aliphatic carbocycles. The van der Waals surface area contributed by atoms with Gasteiger partial charge in [-0.05, 0) is 75.9 Å². The predicted octanol–water partition coefficient (Wildman–Crippen LogP) is 6.74. The van der Waals surface area contributed by atoms with Crippen LogP contribution < -0.4 is 9.47 Å². The Balaban J connectivity index is 2.35. The second-order valence-electron chi connectivity index (χ2n) is 9.14. The molecule has 3 aromatic rings. The van der Waals surface area contributed by atoms with Crippen LogP contribution in [0.2, 0.25) is 0 Å². The number of rotatable bonds is 8. The van der Waals surface area contributed by atoms with Crippen LogP contribution >= 0.6 is 7.14 Å². The van der Waals surface area contributed by atoms with Crippen LogP contribution in [0.5, 0.6) is 11.5 Å². The van der Waals surface area contributed by atoms with Gasteiger partial charge in [0.05, 0.1) is 19.8 Å². The van der Waals surface area contributed by atoms with Crippen molar-refractivity contribution in [3.05, 3.63) is 92.5 Å². The van der Waals surface area contributed by atoms with Crippen LogP contribution in [0.3, 0.4) is 0 Å². The normalized spacial score (nSPS) is 11.2. The molecule has 0 saturated carbocycles. The molecule has 3 aromatic carbocycles. The molecule has 0 spiro atoms. The molecule has 0 amide bonds. The van der Waals surface area contributed by atoms with E-state index in [9.17, 15) is 18.9 Å².